The lowest BCUT2D eigenvalue weighted by atomic mass is 10.1. The van der Waals surface area contributed by atoms with Crippen LogP contribution < -0.4 is 10.1 Å². The zero-order valence-electron chi connectivity index (χ0n) is 11.6. The first-order valence-corrected chi connectivity index (χ1v) is 6.25. The summed E-state index contributed by atoms with van der Waals surface area (Å²) in [6.07, 6.45) is -1.59. The highest BCUT2D eigenvalue weighted by atomic mass is 19.1. The van der Waals surface area contributed by atoms with E-state index < -0.39 is 18.0 Å². The van der Waals surface area contributed by atoms with Crippen molar-refractivity contribution in [2.45, 2.75) is 45.9 Å². The zero-order valence-corrected chi connectivity index (χ0v) is 11.6. The number of benzene rings is 1. The van der Waals surface area contributed by atoms with Crippen LogP contribution in [0.2, 0.25) is 0 Å². The third-order valence-corrected chi connectivity index (χ3v) is 2.53. The van der Waals surface area contributed by atoms with Gasteiger partial charge in [-0.2, -0.15) is 0 Å². The number of halogens is 1. The second kappa shape index (κ2) is 6.52. The topological polar surface area (TPSA) is 58.6 Å². The van der Waals surface area contributed by atoms with E-state index in [1.54, 1.807) is 6.92 Å². The average molecular weight is 269 g/mol. The molecule has 0 heterocycles. The lowest BCUT2D eigenvalue weighted by Crippen LogP contribution is -2.40. The minimum atomic E-state index is -0.869. The molecule has 19 heavy (non-hydrogen) atoms. The van der Waals surface area contributed by atoms with Crippen LogP contribution in [-0.4, -0.2) is 23.2 Å². The van der Waals surface area contributed by atoms with Crippen molar-refractivity contribution in [1.82, 2.24) is 5.32 Å². The zero-order chi connectivity index (χ0) is 14.6. The van der Waals surface area contributed by atoms with Crippen LogP contribution in [0.25, 0.3) is 0 Å². The lowest BCUT2D eigenvalue weighted by Gasteiger charge is -2.19. The van der Waals surface area contributed by atoms with Gasteiger partial charge in [0, 0.05) is 11.6 Å². The highest BCUT2D eigenvalue weighted by Gasteiger charge is 2.18. The van der Waals surface area contributed by atoms with Gasteiger partial charge >= 0.3 is 0 Å². The summed E-state index contributed by atoms with van der Waals surface area (Å²) in [5, 5.41) is 12.3. The molecule has 1 aromatic carbocycles. The third kappa shape index (κ3) is 4.52. The predicted octanol–water partition coefficient (Wildman–Crippen LogP) is 2.17. The molecule has 2 atom stereocenters. The van der Waals surface area contributed by atoms with Crippen molar-refractivity contribution < 1.29 is 19.0 Å². The summed E-state index contributed by atoms with van der Waals surface area (Å²) >= 11 is 0. The number of carbonyl (C=O) groups excluding carboxylic acids is 1. The van der Waals surface area contributed by atoms with E-state index in [0.717, 1.165) is 0 Å². The number of carbonyl (C=O) groups is 1. The first kappa shape index (κ1) is 15.4. The van der Waals surface area contributed by atoms with Crippen molar-refractivity contribution >= 4 is 5.91 Å². The van der Waals surface area contributed by atoms with Gasteiger partial charge in [-0.3, -0.25) is 4.79 Å². The van der Waals surface area contributed by atoms with Crippen LogP contribution in [0, 0.1) is 5.82 Å². The number of aliphatic hydroxyl groups excluding tert-OH is 1. The largest absolute Gasteiger partial charge is 0.481 e. The normalized spacial score (nSPS) is 14.1. The number of hydrogen-bond acceptors (Lipinski definition) is 3. The van der Waals surface area contributed by atoms with Crippen molar-refractivity contribution in [3.8, 4) is 5.75 Å². The molecule has 2 unspecified atom stereocenters. The van der Waals surface area contributed by atoms with Gasteiger partial charge in [-0.15, -0.1) is 0 Å². The van der Waals surface area contributed by atoms with E-state index in [9.17, 15) is 14.3 Å². The molecule has 0 bridgehead atoms. The van der Waals surface area contributed by atoms with Gasteiger partial charge < -0.3 is 15.2 Å². The molecular formula is C14H20FNO3. The lowest BCUT2D eigenvalue weighted by molar-refractivity contribution is -0.127. The Balaban J connectivity index is 2.84. The van der Waals surface area contributed by atoms with Crippen LogP contribution in [0.3, 0.4) is 0 Å². The highest BCUT2D eigenvalue weighted by Crippen LogP contribution is 2.26. The predicted molar refractivity (Wildman–Crippen MR) is 70.4 cm³/mol. The van der Waals surface area contributed by atoms with Gasteiger partial charge in [0.2, 0.25) is 0 Å². The van der Waals surface area contributed by atoms with Crippen LogP contribution in [0.1, 0.15) is 39.4 Å². The van der Waals surface area contributed by atoms with Gasteiger partial charge in [0.25, 0.3) is 5.91 Å². The molecule has 0 aliphatic heterocycles. The van der Waals surface area contributed by atoms with Gasteiger partial charge in [0.15, 0.2) is 6.10 Å². The highest BCUT2D eigenvalue weighted by molar-refractivity contribution is 5.80. The molecule has 5 heteroatoms. The molecule has 1 aromatic rings. The molecule has 0 saturated carbocycles. The molecule has 2 N–H and O–H groups in total. The Kier molecular flexibility index (Phi) is 5.30. The molecule has 0 aromatic heterocycles. The van der Waals surface area contributed by atoms with Crippen LogP contribution in [0.15, 0.2) is 18.2 Å². The fourth-order valence-corrected chi connectivity index (χ4v) is 1.60. The SMILES string of the molecule is CC(C)NC(=O)C(C)Oc1ccc(F)cc1C(C)O. The Hall–Kier alpha value is -1.62. The van der Waals surface area contributed by atoms with E-state index in [2.05, 4.69) is 5.32 Å². The summed E-state index contributed by atoms with van der Waals surface area (Å²) < 4.78 is 18.6. The molecule has 4 nitrogen and oxygen atoms in total. The van der Waals surface area contributed by atoms with E-state index in [1.807, 2.05) is 13.8 Å². The summed E-state index contributed by atoms with van der Waals surface area (Å²) in [6, 6.07) is 3.86. The number of nitrogens with one attached hydrogen (secondary N) is 1. The maximum absolute atomic E-state index is 13.1. The van der Waals surface area contributed by atoms with Crippen molar-refractivity contribution in [3.05, 3.63) is 29.6 Å². The molecule has 0 saturated heterocycles. The number of amides is 1. The average Bonchev–Trinajstić information content (AvgIpc) is 2.30. The number of aliphatic hydroxyl groups is 1. The smallest absolute Gasteiger partial charge is 0.260 e. The monoisotopic (exact) mass is 269 g/mol. The van der Waals surface area contributed by atoms with Crippen LogP contribution in [0.4, 0.5) is 4.39 Å². The molecule has 0 fully saturated rings. The van der Waals surface area contributed by atoms with Crippen molar-refractivity contribution in [3.63, 3.8) is 0 Å². The van der Waals surface area contributed by atoms with Crippen LogP contribution in [-0.2, 0) is 4.79 Å². The molecule has 0 aliphatic rings. The van der Waals surface area contributed by atoms with Gasteiger partial charge in [-0.25, -0.2) is 4.39 Å². The third-order valence-electron chi connectivity index (χ3n) is 2.53. The maximum Gasteiger partial charge on any atom is 0.260 e. The molecule has 0 spiro atoms. The van der Waals surface area contributed by atoms with Gasteiger partial charge in [-0.1, -0.05) is 0 Å². The van der Waals surface area contributed by atoms with E-state index in [4.69, 9.17) is 4.74 Å². The van der Waals surface area contributed by atoms with Gasteiger partial charge in [0.05, 0.1) is 6.10 Å². The molecule has 0 radical (unpaired) electrons. The second-order valence-corrected chi connectivity index (χ2v) is 4.78. The summed E-state index contributed by atoms with van der Waals surface area (Å²) in [5.74, 6) is -0.402. The Morgan fingerprint density at radius 3 is 2.47 bits per heavy atom. The molecule has 1 amide bonds. The van der Waals surface area contributed by atoms with E-state index in [-0.39, 0.29) is 11.9 Å². The number of rotatable bonds is 5. The van der Waals surface area contributed by atoms with Crippen LogP contribution >= 0.6 is 0 Å². The van der Waals surface area contributed by atoms with Gasteiger partial charge in [0.1, 0.15) is 11.6 Å². The van der Waals surface area contributed by atoms with E-state index in [0.29, 0.717) is 11.3 Å². The fourth-order valence-electron chi connectivity index (χ4n) is 1.60. The Labute approximate surface area is 112 Å². The van der Waals surface area contributed by atoms with Gasteiger partial charge in [-0.05, 0) is 45.9 Å². The first-order valence-electron chi connectivity index (χ1n) is 6.25. The summed E-state index contributed by atoms with van der Waals surface area (Å²) in [5.41, 5.74) is 0.323. The quantitative estimate of drug-likeness (QED) is 0.861. The summed E-state index contributed by atoms with van der Waals surface area (Å²) in [4.78, 5) is 11.7. The minimum absolute atomic E-state index is 0.0167. The van der Waals surface area contributed by atoms with Crippen molar-refractivity contribution in [1.29, 1.82) is 0 Å². The Morgan fingerprint density at radius 2 is 1.95 bits per heavy atom. The first-order chi connectivity index (χ1) is 8.81. The second-order valence-electron chi connectivity index (χ2n) is 4.78. The van der Waals surface area contributed by atoms with Crippen LogP contribution in [0.5, 0.6) is 5.75 Å². The number of ether oxygens (including phenoxy) is 1. The number of hydrogen-bond donors (Lipinski definition) is 2. The van der Waals surface area contributed by atoms with E-state index in [1.165, 1.54) is 25.1 Å². The Morgan fingerprint density at radius 1 is 1.32 bits per heavy atom. The maximum atomic E-state index is 13.1. The molecule has 0 aliphatic carbocycles. The molecule has 106 valence electrons. The van der Waals surface area contributed by atoms with Crippen molar-refractivity contribution in [2.24, 2.45) is 0 Å². The summed E-state index contributed by atoms with van der Waals surface area (Å²) in [7, 11) is 0. The van der Waals surface area contributed by atoms with E-state index >= 15 is 0 Å². The fraction of sp³-hybridized carbons (Fsp3) is 0.500. The van der Waals surface area contributed by atoms with Crippen molar-refractivity contribution in [2.75, 3.05) is 0 Å². The standard InChI is InChI=1S/C14H20FNO3/c1-8(2)16-14(18)10(4)19-13-6-5-11(15)7-12(13)9(3)17/h5-10,17H,1-4H3,(H,16,18). The molecular weight excluding hydrogens is 249 g/mol. The minimum Gasteiger partial charge on any atom is -0.481 e. The molecule has 1 rings (SSSR count). The summed E-state index contributed by atoms with van der Waals surface area (Å²) in [6.45, 7) is 6.82. The Bertz CT molecular complexity index is 446.